The molecule has 0 unspecified atom stereocenters. The zero-order chi connectivity index (χ0) is 24.8. The minimum absolute atomic E-state index is 0.0236. The molecule has 11 heteroatoms. The second kappa shape index (κ2) is 9.14. The van der Waals surface area contributed by atoms with E-state index in [2.05, 4.69) is 0 Å². The number of amides is 1. The Morgan fingerprint density at radius 1 is 1.09 bits per heavy atom. The Hall–Kier alpha value is -2.72. The van der Waals surface area contributed by atoms with Gasteiger partial charge < -0.3 is 9.80 Å². The van der Waals surface area contributed by atoms with Gasteiger partial charge in [-0.1, -0.05) is 41.4 Å². The molecule has 1 fully saturated rings. The number of alkyl halides is 1. The molecule has 2 N–H and O–H groups in total. The Balaban J connectivity index is 1.77. The third-order valence-corrected chi connectivity index (χ3v) is 7.11. The third-order valence-electron chi connectivity index (χ3n) is 5.58. The second-order valence-electron chi connectivity index (χ2n) is 7.85. The van der Waals surface area contributed by atoms with E-state index < -0.39 is 27.9 Å². The minimum atomic E-state index is -3.93. The number of nitrogens with two attached hydrogens (primary N) is 1. The normalized spacial score (nSPS) is 14.1. The highest BCUT2D eigenvalue weighted by atomic mass is 35.5. The quantitative estimate of drug-likeness (QED) is 0.514. The molecule has 1 aliphatic heterocycles. The molecule has 1 heterocycles. The van der Waals surface area contributed by atoms with E-state index >= 15 is 0 Å². The lowest BCUT2D eigenvalue weighted by Crippen LogP contribution is -2.49. The molecule has 0 radical (unpaired) electrons. The summed E-state index contributed by atoms with van der Waals surface area (Å²) in [6.45, 7) is 0.244. The topological polar surface area (TPSA) is 83.7 Å². The highest BCUT2D eigenvalue weighted by Gasteiger charge is 2.31. The van der Waals surface area contributed by atoms with Crippen LogP contribution < -0.4 is 14.9 Å². The summed E-state index contributed by atoms with van der Waals surface area (Å²) in [6.07, 6.45) is -1.02. The maximum absolute atomic E-state index is 14.4. The average Bonchev–Trinajstić information content (AvgIpc) is 2.75. The first kappa shape index (κ1) is 24.4. The first-order valence-corrected chi connectivity index (χ1v) is 12.4. The maximum Gasteiger partial charge on any atom is 0.262 e. The SMILES string of the molecule is CN(C(=O)c1c(F)cccc1Cl)c1ccc(-c2ccc(S(N)(=O)=O)cc2Cl)cc1N1CC(F)C1. The van der Waals surface area contributed by atoms with Crippen LogP contribution in [-0.2, 0) is 10.0 Å². The van der Waals surface area contributed by atoms with E-state index in [1.54, 1.807) is 23.1 Å². The van der Waals surface area contributed by atoms with Crippen molar-refractivity contribution in [1.82, 2.24) is 0 Å². The van der Waals surface area contributed by atoms with Gasteiger partial charge in [0, 0.05) is 17.6 Å². The summed E-state index contributed by atoms with van der Waals surface area (Å²) >= 11 is 12.4. The van der Waals surface area contributed by atoms with E-state index in [9.17, 15) is 22.0 Å². The summed E-state index contributed by atoms with van der Waals surface area (Å²) in [4.78, 5) is 16.0. The molecule has 3 aromatic carbocycles. The van der Waals surface area contributed by atoms with Crippen LogP contribution in [0.4, 0.5) is 20.2 Å². The Labute approximate surface area is 205 Å². The lowest BCUT2D eigenvalue weighted by Gasteiger charge is -2.39. The molecular formula is C23H19Cl2F2N3O3S. The number of carbonyl (C=O) groups is 1. The smallest absolute Gasteiger partial charge is 0.262 e. The predicted molar refractivity (Wildman–Crippen MR) is 130 cm³/mol. The fourth-order valence-electron chi connectivity index (χ4n) is 3.74. The van der Waals surface area contributed by atoms with Gasteiger partial charge in [-0.3, -0.25) is 4.79 Å². The number of hydrogen-bond donors (Lipinski definition) is 1. The highest BCUT2D eigenvalue weighted by Crippen LogP contribution is 2.39. The first-order valence-electron chi connectivity index (χ1n) is 10.0. The van der Waals surface area contributed by atoms with Crippen LogP contribution >= 0.6 is 23.2 Å². The van der Waals surface area contributed by atoms with Gasteiger partial charge in [-0.2, -0.15) is 0 Å². The summed E-state index contributed by atoms with van der Waals surface area (Å²) in [5, 5.41) is 5.29. The molecule has 0 atom stereocenters. The number of carbonyl (C=O) groups excluding carboxylic acids is 1. The van der Waals surface area contributed by atoms with Crippen molar-refractivity contribution < 1.29 is 22.0 Å². The molecule has 1 amide bonds. The van der Waals surface area contributed by atoms with Crippen molar-refractivity contribution in [3.05, 3.63) is 76.0 Å². The van der Waals surface area contributed by atoms with Crippen molar-refractivity contribution in [3.63, 3.8) is 0 Å². The molecule has 0 saturated carbocycles. The molecule has 0 aliphatic carbocycles. The van der Waals surface area contributed by atoms with E-state index in [1.807, 2.05) is 0 Å². The summed E-state index contributed by atoms with van der Waals surface area (Å²) in [5.41, 5.74) is 1.80. The Morgan fingerprint density at radius 2 is 1.79 bits per heavy atom. The van der Waals surface area contributed by atoms with Crippen molar-refractivity contribution in [2.75, 3.05) is 29.9 Å². The lowest BCUT2D eigenvalue weighted by molar-refractivity contribution is 0.0989. The molecule has 4 rings (SSSR count). The number of nitrogens with zero attached hydrogens (tertiary/aromatic N) is 2. The zero-order valence-electron chi connectivity index (χ0n) is 17.8. The van der Waals surface area contributed by atoms with Crippen LogP contribution in [0.3, 0.4) is 0 Å². The van der Waals surface area contributed by atoms with E-state index in [-0.39, 0.29) is 33.6 Å². The molecule has 3 aromatic rings. The van der Waals surface area contributed by atoms with E-state index in [4.69, 9.17) is 28.3 Å². The fourth-order valence-corrected chi connectivity index (χ4v) is 4.87. The number of rotatable bonds is 5. The van der Waals surface area contributed by atoms with Crippen LogP contribution in [0.1, 0.15) is 10.4 Å². The van der Waals surface area contributed by atoms with Gasteiger partial charge in [0.05, 0.1) is 39.9 Å². The van der Waals surface area contributed by atoms with Crippen molar-refractivity contribution >= 4 is 50.5 Å². The van der Waals surface area contributed by atoms with Gasteiger partial charge in [0.2, 0.25) is 10.0 Å². The van der Waals surface area contributed by atoms with Crippen LogP contribution in [0.5, 0.6) is 0 Å². The number of primary sulfonamides is 1. The van der Waals surface area contributed by atoms with Gasteiger partial charge in [-0.15, -0.1) is 0 Å². The molecule has 1 saturated heterocycles. The first-order chi connectivity index (χ1) is 16.0. The van der Waals surface area contributed by atoms with Crippen LogP contribution in [0, 0.1) is 5.82 Å². The van der Waals surface area contributed by atoms with Crippen molar-refractivity contribution in [3.8, 4) is 11.1 Å². The molecular weight excluding hydrogens is 507 g/mol. The number of hydrogen-bond acceptors (Lipinski definition) is 4. The summed E-state index contributed by atoms with van der Waals surface area (Å²) < 4.78 is 51.2. The van der Waals surface area contributed by atoms with Gasteiger partial charge in [0.15, 0.2) is 0 Å². The van der Waals surface area contributed by atoms with Crippen molar-refractivity contribution in [2.24, 2.45) is 5.14 Å². The largest absolute Gasteiger partial charge is 0.364 e. The lowest BCUT2D eigenvalue weighted by atomic mass is 10.0. The minimum Gasteiger partial charge on any atom is -0.364 e. The second-order valence-corrected chi connectivity index (χ2v) is 10.2. The average molecular weight is 526 g/mol. The van der Waals surface area contributed by atoms with Crippen LogP contribution in [0.15, 0.2) is 59.5 Å². The molecule has 0 bridgehead atoms. The highest BCUT2D eigenvalue weighted by molar-refractivity contribution is 7.89. The molecule has 0 spiro atoms. The summed E-state index contributed by atoms with van der Waals surface area (Å²) in [6, 6.07) is 13.1. The summed E-state index contributed by atoms with van der Waals surface area (Å²) in [7, 11) is -2.45. The predicted octanol–water partition coefficient (Wildman–Crippen LogP) is 4.88. The monoisotopic (exact) mass is 525 g/mol. The van der Waals surface area contributed by atoms with E-state index in [0.717, 1.165) is 6.07 Å². The van der Waals surface area contributed by atoms with Crippen LogP contribution in [0.2, 0.25) is 10.0 Å². The summed E-state index contributed by atoms with van der Waals surface area (Å²) in [5.74, 6) is -1.41. The Bertz CT molecular complexity index is 1380. The standard InChI is InChI=1S/C23H19Cl2F2N3O3S/c1-29(23(31)22-17(24)3-2-4-19(22)27)20-8-5-13(9-21(20)30-11-14(26)12-30)16-7-6-15(10-18(16)25)34(28,32)33/h2-10,14H,11-12H2,1H3,(H2,28,32,33). The van der Waals surface area contributed by atoms with Gasteiger partial charge in [-0.05, 0) is 42.0 Å². The molecule has 178 valence electrons. The van der Waals surface area contributed by atoms with Crippen molar-refractivity contribution in [2.45, 2.75) is 11.1 Å². The van der Waals surface area contributed by atoms with Gasteiger partial charge in [0.25, 0.3) is 5.91 Å². The molecule has 34 heavy (non-hydrogen) atoms. The van der Waals surface area contributed by atoms with Gasteiger partial charge >= 0.3 is 0 Å². The van der Waals surface area contributed by atoms with E-state index in [1.165, 1.54) is 42.3 Å². The molecule has 0 aromatic heterocycles. The Morgan fingerprint density at radius 3 is 2.38 bits per heavy atom. The fraction of sp³-hybridized carbons (Fsp3) is 0.174. The zero-order valence-corrected chi connectivity index (χ0v) is 20.1. The number of benzene rings is 3. The molecule has 6 nitrogen and oxygen atoms in total. The molecule has 1 aliphatic rings. The number of anilines is 2. The van der Waals surface area contributed by atoms with Gasteiger partial charge in [0.1, 0.15) is 12.0 Å². The third kappa shape index (κ3) is 4.61. The van der Waals surface area contributed by atoms with Crippen LogP contribution in [-0.4, -0.2) is 40.6 Å². The Kier molecular flexibility index (Phi) is 6.56. The van der Waals surface area contributed by atoms with Crippen molar-refractivity contribution in [1.29, 1.82) is 0 Å². The maximum atomic E-state index is 14.4. The number of halogens is 4. The van der Waals surface area contributed by atoms with Crippen LogP contribution in [0.25, 0.3) is 11.1 Å². The van der Waals surface area contributed by atoms with Gasteiger partial charge in [-0.25, -0.2) is 22.3 Å². The number of sulfonamides is 1. The van der Waals surface area contributed by atoms with E-state index in [0.29, 0.717) is 22.5 Å².